The topological polar surface area (TPSA) is 38.7 Å². The van der Waals surface area contributed by atoms with Gasteiger partial charge in [0.2, 0.25) is 6.79 Å². The molecule has 21 heavy (non-hydrogen) atoms. The highest BCUT2D eigenvalue weighted by Gasteiger charge is 2.21. The van der Waals surface area contributed by atoms with Crippen LogP contribution in [0.1, 0.15) is 17.2 Å². The van der Waals surface area contributed by atoms with Crippen molar-refractivity contribution in [3.63, 3.8) is 0 Å². The third-order valence-electron chi connectivity index (χ3n) is 3.28. The third kappa shape index (κ3) is 2.99. The molecule has 0 aliphatic carbocycles. The molecule has 0 radical (unpaired) electrons. The third-order valence-corrected chi connectivity index (χ3v) is 4.73. The summed E-state index contributed by atoms with van der Waals surface area (Å²) in [7, 11) is 0. The van der Waals surface area contributed by atoms with Crippen LogP contribution in [0.25, 0.3) is 0 Å². The molecule has 1 aliphatic rings. The van der Waals surface area contributed by atoms with Crippen LogP contribution in [-0.4, -0.2) is 11.9 Å². The van der Waals surface area contributed by atoms with Crippen molar-refractivity contribution in [3.8, 4) is 11.5 Å². The van der Waals surface area contributed by atoms with E-state index in [9.17, 15) is 5.11 Å². The summed E-state index contributed by atoms with van der Waals surface area (Å²) in [6, 6.07) is 8.97. The minimum Gasteiger partial charge on any atom is -0.454 e. The zero-order valence-electron chi connectivity index (χ0n) is 10.8. The van der Waals surface area contributed by atoms with Crippen molar-refractivity contribution in [1.82, 2.24) is 0 Å². The van der Waals surface area contributed by atoms with Gasteiger partial charge in [-0.2, -0.15) is 0 Å². The fourth-order valence-electron chi connectivity index (χ4n) is 2.21. The summed E-state index contributed by atoms with van der Waals surface area (Å²) in [5, 5.41) is 11.4. The molecule has 0 spiro atoms. The Balaban J connectivity index is 1.87. The average Bonchev–Trinajstić information content (AvgIpc) is 2.92. The lowest BCUT2D eigenvalue weighted by molar-refractivity contribution is 0.171. The zero-order valence-corrected chi connectivity index (χ0v) is 13.9. The number of ether oxygens (including phenoxy) is 2. The second-order valence-electron chi connectivity index (χ2n) is 4.67. The molecule has 6 heteroatoms. The SMILES string of the molecule is OC(Cc1cccc(Cl)c1Cl)c1cc(Br)c2c(c1)OCO2. The van der Waals surface area contributed by atoms with Crippen molar-refractivity contribution in [1.29, 1.82) is 0 Å². The molecular formula is C15H11BrCl2O3. The van der Waals surface area contributed by atoms with Gasteiger partial charge in [-0.15, -0.1) is 0 Å². The van der Waals surface area contributed by atoms with E-state index in [2.05, 4.69) is 15.9 Å². The zero-order chi connectivity index (χ0) is 15.0. The lowest BCUT2D eigenvalue weighted by Crippen LogP contribution is -2.02. The molecule has 3 rings (SSSR count). The highest BCUT2D eigenvalue weighted by molar-refractivity contribution is 9.10. The quantitative estimate of drug-likeness (QED) is 0.822. The molecule has 0 aromatic heterocycles. The number of hydrogen-bond acceptors (Lipinski definition) is 3. The largest absolute Gasteiger partial charge is 0.454 e. The van der Waals surface area contributed by atoms with Crippen LogP contribution in [0.15, 0.2) is 34.8 Å². The first-order valence-corrected chi connectivity index (χ1v) is 7.81. The number of aliphatic hydroxyl groups excluding tert-OH is 1. The number of aliphatic hydroxyl groups is 1. The maximum Gasteiger partial charge on any atom is 0.231 e. The van der Waals surface area contributed by atoms with Gasteiger partial charge >= 0.3 is 0 Å². The van der Waals surface area contributed by atoms with E-state index in [0.29, 0.717) is 28.0 Å². The molecule has 1 N–H and O–H groups in total. The van der Waals surface area contributed by atoms with Gasteiger partial charge < -0.3 is 14.6 Å². The molecule has 1 heterocycles. The second kappa shape index (κ2) is 6.05. The molecule has 0 amide bonds. The van der Waals surface area contributed by atoms with E-state index in [0.717, 1.165) is 15.6 Å². The van der Waals surface area contributed by atoms with Crippen molar-refractivity contribution in [3.05, 3.63) is 56.0 Å². The standard InChI is InChI=1S/C15H11BrCl2O3/c16-10-4-9(6-13-15(10)21-7-20-13)12(19)5-8-2-1-3-11(17)14(8)18/h1-4,6,12,19H,5,7H2. The fourth-order valence-corrected chi connectivity index (χ4v) is 3.18. The molecular weight excluding hydrogens is 379 g/mol. The van der Waals surface area contributed by atoms with E-state index in [1.165, 1.54) is 0 Å². The van der Waals surface area contributed by atoms with E-state index >= 15 is 0 Å². The Morgan fingerprint density at radius 3 is 2.86 bits per heavy atom. The molecule has 0 bridgehead atoms. The van der Waals surface area contributed by atoms with Crippen molar-refractivity contribution in [2.75, 3.05) is 6.79 Å². The molecule has 110 valence electrons. The molecule has 3 nitrogen and oxygen atoms in total. The Morgan fingerprint density at radius 2 is 2.05 bits per heavy atom. The van der Waals surface area contributed by atoms with Gasteiger partial charge in [0.05, 0.1) is 20.6 Å². The number of benzene rings is 2. The number of hydrogen-bond donors (Lipinski definition) is 1. The van der Waals surface area contributed by atoms with E-state index in [1.54, 1.807) is 12.1 Å². The molecule has 0 saturated heterocycles. The number of fused-ring (bicyclic) bond motifs is 1. The maximum atomic E-state index is 10.4. The van der Waals surface area contributed by atoms with Gasteiger partial charge in [0, 0.05) is 6.42 Å². The fraction of sp³-hybridized carbons (Fsp3) is 0.200. The molecule has 2 aromatic rings. The van der Waals surface area contributed by atoms with Crippen molar-refractivity contribution < 1.29 is 14.6 Å². The first-order chi connectivity index (χ1) is 10.1. The Kier molecular flexibility index (Phi) is 4.31. The van der Waals surface area contributed by atoms with Gasteiger partial charge in [0.1, 0.15) is 0 Å². The van der Waals surface area contributed by atoms with Gasteiger partial charge in [0.15, 0.2) is 11.5 Å². The summed E-state index contributed by atoms with van der Waals surface area (Å²) in [4.78, 5) is 0. The molecule has 1 aliphatic heterocycles. The molecule has 0 fully saturated rings. The minimum absolute atomic E-state index is 0.188. The van der Waals surface area contributed by atoms with Crippen LogP contribution < -0.4 is 9.47 Å². The van der Waals surface area contributed by atoms with Crippen molar-refractivity contribution >= 4 is 39.1 Å². The Morgan fingerprint density at radius 1 is 1.24 bits per heavy atom. The van der Waals surface area contributed by atoms with E-state index in [1.807, 2.05) is 18.2 Å². The van der Waals surface area contributed by atoms with Gasteiger partial charge in [-0.3, -0.25) is 0 Å². The normalized spacial score (nSPS) is 14.3. The van der Waals surface area contributed by atoms with Crippen LogP contribution in [0.4, 0.5) is 0 Å². The summed E-state index contributed by atoms with van der Waals surface area (Å²) in [6.07, 6.45) is -0.349. The minimum atomic E-state index is -0.716. The van der Waals surface area contributed by atoms with Crippen LogP contribution in [-0.2, 0) is 6.42 Å². The van der Waals surface area contributed by atoms with Crippen LogP contribution >= 0.6 is 39.1 Å². The lowest BCUT2D eigenvalue weighted by Gasteiger charge is -2.14. The lowest BCUT2D eigenvalue weighted by atomic mass is 10.0. The van der Waals surface area contributed by atoms with E-state index < -0.39 is 6.10 Å². The van der Waals surface area contributed by atoms with Gasteiger partial charge in [-0.05, 0) is 45.3 Å². The van der Waals surface area contributed by atoms with Crippen LogP contribution in [0, 0.1) is 0 Å². The predicted molar refractivity (Wildman–Crippen MR) is 85.4 cm³/mol. The maximum absolute atomic E-state index is 10.4. The first kappa shape index (κ1) is 15.0. The predicted octanol–water partition coefficient (Wildman–Crippen LogP) is 4.76. The summed E-state index contributed by atoms with van der Waals surface area (Å²) in [6.45, 7) is 0.188. The summed E-state index contributed by atoms with van der Waals surface area (Å²) in [5.74, 6) is 1.28. The first-order valence-electron chi connectivity index (χ1n) is 6.26. The monoisotopic (exact) mass is 388 g/mol. The summed E-state index contributed by atoms with van der Waals surface area (Å²) >= 11 is 15.6. The van der Waals surface area contributed by atoms with Gasteiger partial charge in [-0.1, -0.05) is 35.3 Å². The number of halogens is 3. The van der Waals surface area contributed by atoms with Gasteiger partial charge in [-0.25, -0.2) is 0 Å². The average molecular weight is 390 g/mol. The summed E-state index contributed by atoms with van der Waals surface area (Å²) < 4.78 is 11.4. The Hall–Kier alpha value is -0.940. The molecule has 1 atom stereocenters. The summed E-state index contributed by atoms with van der Waals surface area (Å²) in [5.41, 5.74) is 1.52. The van der Waals surface area contributed by atoms with E-state index in [-0.39, 0.29) is 6.79 Å². The van der Waals surface area contributed by atoms with Crippen LogP contribution in [0.3, 0.4) is 0 Å². The Bertz CT molecular complexity index is 691. The second-order valence-corrected chi connectivity index (χ2v) is 6.31. The highest BCUT2D eigenvalue weighted by atomic mass is 79.9. The van der Waals surface area contributed by atoms with Crippen LogP contribution in [0.5, 0.6) is 11.5 Å². The van der Waals surface area contributed by atoms with E-state index in [4.69, 9.17) is 32.7 Å². The highest BCUT2D eigenvalue weighted by Crippen LogP contribution is 2.41. The molecule has 1 unspecified atom stereocenters. The van der Waals surface area contributed by atoms with Crippen molar-refractivity contribution in [2.24, 2.45) is 0 Å². The van der Waals surface area contributed by atoms with Crippen LogP contribution in [0.2, 0.25) is 10.0 Å². The number of rotatable bonds is 3. The molecule has 0 saturated carbocycles. The van der Waals surface area contributed by atoms with Gasteiger partial charge in [0.25, 0.3) is 0 Å². The van der Waals surface area contributed by atoms with Crippen molar-refractivity contribution in [2.45, 2.75) is 12.5 Å². The Labute approximate surface area is 140 Å². The molecule has 2 aromatic carbocycles. The smallest absolute Gasteiger partial charge is 0.231 e.